The maximum absolute atomic E-state index is 12.6. The summed E-state index contributed by atoms with van der Waals surface area (Å²) in [6, 6.07) is 11.9. The summed E-state index contributed by atoms with van der Waals surface area (Å²) in [6.07, 6.45) is 0. The Bertz CT molecular complexity index is 1170. The Hall–Kier alpha value is -1.77. The van der Waals surface area contributed by atoms with Crippen LogP contribution in [0.2, 0.25) is 0 Å². The highest BCUT2D eigenvalue weighted by Gasteiger charge is 2.19. The van der Waals surface area contributed by atoms with Crippen LogP contribution in [0.4, 0.5) is 0 Å². The van der Waals surface area contributed by atoms with Gasteiger partial charge in [0, 0.05) is 16.6 Å². The molecule has 0 unspecified atom stereocenters. The monoisotopic (exact) mass is 466 g/mol. The zero-order valence-corrected chi connectivity index (χ0v) is 18.4. The number of fused-ring (bicyclic) bond motifs is 1. The Kier molecular flexibility index (Phi) is 5.69. The van der Waals surface area contributed by atoms with E-state index in [4.69, 9.17) is 0 Å². The van der Waals surface area contributed by atoms with Crippen LogP contribution in [-0.4, -0.2) is 24.1 Å². The van der Waals surface area contributed by atoms with Gasteiger partial charge in [-0.05, 0) is 63.2 Å². The fourth-order valence-electron chi connectivity index (χ4n) is 2.65. The summed E-state index contributed by atoms with van der Waals surface area (Å²) < 4.78 is 28.4. The van der Waals surface area contributed by atoms with E-state index in [1.807, 2.05) is 29.7 Å². The van der Waals surface area contributed by atoms with Crippen molar-refractivity contribution in [2.75, 3.05) is 0 Å². The standard InChI is InChI=1S/C19H19BrN2O3S2/c1-4-22-16-10-7-14(20)11-17(16)26-19(22)21-18(23)13-5-8-15(9-6-13)27(24,25)12(2)3/h5-12H,4H2,1-3H3. The first kappa shape index (κ1) is 20.0. The van der Waals surface area contributed by atoms with Crippen molar-refractivity contribution >= 4 is 53.2 Å². The highest BCUT2D eigenvalue weighted by atomic mass is 79.9. The number of aromatic nitrogens is 1. The number of aryl methyl sites for hydroxylation is 1. The zero-order chi connectivity index (χ0) is 19.8. The minimum atomic E-state index is -3.36. The quantitative estimate of drug-likeness (QED) is 0.571. The molecule has 0 radical (unpaired) electrons. The smallest absolute Gasteiger partial charge is 0.279 e. The van der Waals surface area contributed by atoms with E-state index < -0.39 is 21.0 Å². The van der Waals surface area contributed by atoms with Crippen LogP contribution in [0.25, 0.3) is 10.2 Å². The van der Waals surface area contributed by atoms with Gasteiger partial charge in [-0.2, -0.15) is 4.99 Å². The molecule has 142 valence electrons. The lowest BCUT2D eigenvalue weighted by Gasteiger charge is -2.07. The fraction of sp³-hybridized carbons (Fsp3) is 0.263. The number of hydrogen-bond donors (Lipinski definition) is 0. The highest BCUT2D eigenvalue weighted by molar-refractivity contribution is 9.10. The largest absolute Gasteiger partial charge is 0.317 e. The van der Waals surface area contributed by atoms with Crippen molar-refractivity contribution in [2.24, 2.45) is 4.99 Å². The molecule has 2 aromatic carbocycles. The van der Waals surface area contributed by atoms with E-state index in [0.29, 0.717) is 16.9 Å². The number of sulfone groups is 1. The van der Waals surface area contributed by atoms with Gasteiger partial charge in [0.2, 0.25) is 0 Å². The Labute approximate surface area is 170 Å². The first-order chi connectivity index (χ1) is 12.7. The SMILES string of the molecule is CCn1c(=NC(=O)c2ccc(S(=O)(=O)C(C)C)cc2)sc2cc(Br)ccc21. The van der Waals surface area contributed by atoms with Crippen LogP contribution < -0.4 is 4.80 Å². The van der Waals surface area contributed by atoms with Crippen molar-refractivity contribution < 1.29 is 13.2 Å². The number of amides is 1. The van der Waals surface area contributed by atoms with Gasteiger partial charge in [0.05, 0.1) is 20.4 Å². The van der Waals surface area contributed by atoms with E-state index in [9.17, 15) is 13.2 Å². The maximum atomic E-state index is 12.6. The van der Waals surface area contributed by atoms with Crippen molar-refractivity contribution in [3.8, 4) is 0 Å². The van der Waals surface area contributed by atoms with Crippen molar-refractivity contribution in [1.82, 2.24) is 4.57 Å². The summed E-state index contributed by atoms with van der Waals surface area (Å²) in [6.45, 7) is 5.96. The van der Waals surface area contributed by atoms with E-state index in [2.05, 4.69) is 20.9 Å². The van der Waals surface area contributed by atoms with Gasteiger partial charge in [0.25, 0.3) is 5.91 Å². The molecule has 0 atom stereocenters. The number of carbonyl (C=O) groups is 1. The summed E-state index contributed by atoms with van der Waals surface area (Å²) in [5, 5.41) is -0.509. The minimum absolute atomic E-state index is 0.212. The molecule has 8 heteroatoms. The van der Waals surface area contributed by atoms with E-state index in [1.54, 1.807) is 13.8 Å². The average molecular weight is 467 g/mol. The van der Waals surface area contributed by atoms with Gasteiger partial charge in [0.1, 0.15) is 0 Å². The third-order valence-corrected chi connectivity index (χ3v) is 7.91. The minimum Gasteiger partial charge on any atom is -0.317 e. The van der Waals surface area contributed by atoms with Crippen LogP contribution in [0.15, 0.2) is 56.8 Å². The van der Waals surface area contributed by atoms with Gasteiger partial charge in [-0.3, -0.25) is 4.79 Å². The number of halogens is 1. The predicted octanol–water partition coefficient (Wildman–Crippen LogP) is 4.41. The van der Waals surface area contributed by atoms with Crippen LogP contribution in [0.5, 0.6) is 0 Å². The van der Waals surface area contributed by atoms with Crippen molar-refractivity contribution in [2.45, 2.75) is 37.5 Å². The Morgan fingerprint density at radius 2 is 1.85 bits per heavy atom. The first-order valence-corrected chi connectivity index (χ1v) is 11.6. The zero-order valence-electron chi connectivity index (χ0n) is 15.1. The molecule has 1 heterocycles. The number of rotatable bonds is 4. The molecular formula is C19H19BrN2O3S2. The van der Waals surface area contributed by atoms with Crippen LogP contribution >= 0.6 is 27.3 Å². The number of hydrogen-bond acceptors (Lipinski definition) is 4. The van der Waals surface area contributed by atoms with Gasteiger partial charge in [-0.15, -0.1) is 0 Å². The molecule has 1 amide bonds. The first-order valence-electron chi connectivity index (χ1n) is 8.46. The number of thiazole rings is 1. The summed E-state index contributed by atoms with van der Waals surface area (Å²) in [4.78, 5) is 17.7. The fourth-order valence-corrected chi connectivity index (χ4v) is 5.35. The second kappa shape index (κ2) is 7.69. The molecule has 1 aromatic heterocycles. The highest BCUT2D eigenvalue weighted by Crippen LogP contribution is 2.22. The molecule has 0 spiro atoms. The van der Waals surface area contributed by atoms with E-state index in [0.717, 1.165) is 14.7 Å². The van der Waals surface area contributed by atoms with Crippen molar-refractivity contribution in [3.05, 3.63) is 57.3 Å². The van der Waals surface area contributed by atoms with Crippen LogP contribution in [0.3, 0.4) is 0 Å². The van der Waals surface area contributed by atoms with Crippen molar-refractivity contribution in [3.63, 3.8) is 0 Å². The van der Waals surface area contributed by atoms with Crippen molar-refractivity contribution in [1.29, 1.82) is 0 Å². The van der Waals surface area contributed by atoms with E-state index in [-0.39, 0.29) is 4.90 Å². The molecule has 0 fully saturated rings. The second-order valence-electron chi connectivity index (χ2n) is 6.28. The topological polar surface area (TPSA) is 68.5 Å². The van der Waals surface area contributed by atoms with Crippen LogP contribution in [0.1, 0.15) is 31.1 Å². The van der Waals surface area contributed by atoms with Gasteiger partial charge in [0.15, 0.2) is 14.6 Å². The normalized spacial score (nSPS) is 12.9. The molecule has 0 N–H and O–H groups in total. The molecule has 0 aliphatic rings. The van der Waals surface area contributed by atoms with Gasteiger partial charge >= 0.3 is 0 Å². The molecule has 3 aromatic rings. The van der Waals surface area contributed by atoms with E-state index in [1.165, 1.54) is 35.6 Å². The molecule has 0 aliphatic heterocycles. The summed E-state index contributed by atoms with van der Waals surface area (Å²) in [5.74, 6) is -0.392. The average Bonchev–Trinajstić information content (AvgIpc) is 2.97. The molecule has 0 saturated carbocycles. The molecule has 3 rings (SSSR count). The Morgan fingerprint density at radius 3 is 2.44 bits per heavy atom. The lowest BCUT2D eigenvalue weighted by atomic mass is 10.2. The molecule has 0 saturated heterocycles. The molecule has 27 heavy (non-hydrogen) atoms. The molecular weight excluding hydrogens is 448 g/mol. The number of carbonyl (C=O) groups excluding carboxylic acids is 1. The maximum Gasteiger partial charge on any atom is 0.279 e. The summed E-state index contributed by atoms with van der Waals surface area (Å²) >= 11 is 4.91. The molecule has 5 nitrogen and oxygen atoms in total. The molecule has 0 bridgehead atoms. The predicted molar refractivity (Wildman–Crippen MR) is 112 cm³/mol. The second-order valence-corrected chi connectivity index (χ2v) is 10.7. The van der Waals surface area contributed by atoms with Gasteiger partial charge in [-0.25, -0.2) is 8.42 Å². The molecule has 0 aliphatic carbocycles. The summed E-state index contributed by atoms with van der Waals surface area (Å²) in [7, 11) is -3.36. The summed E-state index contributed by atoms with van der Waals surface area (Å²) in [5.41, 5.74) is 1.38. The van der Waals surface area contributed by atoms with Gasteiger partial charge < -0.3 is 4.57 Å². The third-order valence-electron chi connectivity index (χ3n) is 4.21. The lowest BCUT2D eigenvalue weighted by Crippen LogP contribution is -2.16. The van der Waals surface area contributed by atoms with Gasteiger partial charge in [-0.1, -0.05) is 27.3 Å². The number of benzene rings is 2. The third kappa shape index (κ3) is 3.93. The Morgan fingerprint density at radius 1 is 1.19 bits per heavy atom. The van der Waals surface area contributed by atoms with Crippen LogP contribution in [-0.2, 0) is 16.4 Å². The number of nitrogens with zero attached hydrogens (tertiary/aromatic N) is 2. The van der Waals surface area contributed by atoms with Crippen LogP contribution in [0, 0.1) is 0 Å². The lowest BCUT2D eigenvalue weighted by molar-refractivity contribution is 0.0997. The Balaban J connectivity index is 2.01. The van der Waals surface area contributed by atoms with E-state index >= 15 is 0 Å².